The first-order valence-corrected chi connectivity index (χ1v) is 5.74. The molecule has 0 saturated heterocycles. The molecule has 0 aromatic heterocycles. The summed E-state index contributed by atoms with van der Waals surface area (Å²) in [7, 11) is 5.28. The minimum atomic E-state index is -0.290. The monoisotopic (exact) mass is 248 g/mol. The number of nitrogens with one attached hydrogen (secondary N) is 2. The van der Waals surface area contributed by atoms with Gasteiger partial charge in [-0.1, -0.05) is 18.2 Å². The normalized spacial score (nSPS) is 11.1. The smallest absolute Gasteiger partial charge is 0.326 e. The van der Waals surface area contributed by atoms with Crippen LogP contribution < -0.4 is 10.6 Å². The Morgan fingerprint density at radius 3 is 2.22 bits per heavy atom. The molecule has 0 spiro atoms. The predicted octanol–water partition coefficient (Wildman–Crippen LogP) is 1.97. The minimum absolute atomic E-state index is 0.290. The van der Waals surface area contributed by atoms with E-state index in [1.807, 2.05) is 46.1 Å². The molecule has 0 aliphatic heterocycles. The maximum atomic E-state index is 11.9. The average Bonchev–Trinajstić information content (AvgIpc) is 2.30. The summed E-state index contributed by atoms with van der Waals surface area (Å²) in [6, 6.07) is 5.60. The van der Waals surface area contributed by atoms with Crippen molar-refractivity contribution in [2.45, 2.75) is 13.8 Å². The zero-order valence-corrected chi connectivity index (χ0v) is 11.5. The fraction of sp³-hybridized carbons (Fsp3) is 0.385. The number of hydrogen-bond acceptors (Lipinski definition) is 2. The van der Waals surface area contributed by atoms with E-state index in [0.29, 0.717) is 5.96 Å². The first kappa shape index (κ1) is 14.0. The van der Waals surface area contributed by atoms with Gasteiger partial charge in [0.2, 0.25) is 5.96 Å². The van der Waals surface area contributed by atoms with Crippen LogP contribution in [0.2, 0.25) is 0 Å². The summed E-state index contributed by atoms with van der Waals surface area (Å²) in [5.41, 5.74) is 2.90. The Morgan fingerprint density at radius 1 is 1.22 bits per heavy atom. The minimum Gasteiger partial charge on any atom is -0.349 e. The molecule has 5 heteroatoms. The number of para-hydroxylation sites is 1. The summed E-state index contributed by atoms with van der Waals surface area (Å²) in [6.45, 7) is 3.92. The highest BCUT2D eigenvalue weighted by Crippen LogP contribution is 2.18. The number of anilines is 1. The Morgan fingerprint density at radius 2 is 1.78 bits per heavy atom. The van der Waals surface area contributed by atoms with Crippen LogP contribution in [0.25, 0.3) is 0 Å². The predicted molar refractivity (Wildman–Crippen MR) is 75.1 cm³/mol. The summed E-state index contributed by atoms with van der Waals surface area (Å²) in [4.78, 5) is 17.6. The highest BCUT2D eigenvalue weighted by atomic mass is 16.2. The van der Waals surface area contributed by atoms with Crippen LogP contribution in [0.15, 0.2) is 23.2 Å². The molecule has 0 atom stereocenters. The number of nitrogens with zero attached hydrogens (tertiary/aromatic N) is 2. The molecule has 0 saturated carbocycles. The topological polar surface area (TPSA) is 56.7 Å². The molecular formula is C13H20N4O. The molecule has 5 nitrogen and oxygen atoms in total. The van der Waals surface area contributed by atoms with Gasteiger partial charge in [-0.05, 0) is 25.0 Å². The fourth-order valence-corrected chi connectivity index (χ4v) is 1.63. The van der Waals surface area contributed by atoms with E-state index in [1.165, 1.54) is 0 Å². The third-order valence-electron chi connectivity index (χ3n) is 2.58. The van der Waals surface area contributed by atoms with Crippen LogP contribution in [0.4, 0.5) is 10.5 Å². The summed E-state index contributed by atoms with van der Waals surface area (Å²) in [6.07, 6.45) is 0. The van der Waals surface area contributed by atoms with Gasteiger partial charge in [0.05, 0.1) is 0 Å². The molecular weight excluding hydrogens is 228 g/mol. The Kier molecular flexibility index (Phi) is 4.71. The SMILES string of the molecule is C/N=C(\NC(=O)Nc1c(C)cccc1C)N(C)C. The van der Waals surface area contributed by atoms with Gasteiger partial charge in [0, 0.05) is 26.8 Å². The Bertz CT molecular complexity index is 446. The van der Waals surface area contributed by atoms with Crippen molar-refractivity contribution in [2.75, 3.05) is 26.5 Å². The van der Waals surface area contributed by atoms with Crippen molar-refractivity contribution in [3.8, 4) is 0 Å². The van der Waals surface area contributed by atoms with Crippen LogP contribution >= 0.6 is 0 Å². The van der Waals surface area contributed by atoms with Crippen molar-refractivity contribution >= 4 is 17.7 Å². The van der Waals surface area contributed by atoms with Crippen LogP contribution in [-0.2, 0) is 0 Å². The summed E-state index contributed by atoms with van der Waals surface area (Å²) in [5.74, 6) is 0.513. The van der Waals surface area contributed by atoms with Gasteiger partial charge in [-0.25, -0.2) is 4.79 Å². The number of benzene rings is 1. The molecule has 98 valence electrons. The lowest BCUT2D eigenvalue weighted by atomic mass is 10.1. The molecule has 0 unspecified atom stereocenters. The van der Waals surface area contributed by atoms with Crippen molar-refractivity contribution in [2.24, 2.45) is 4.99 Å². The highest BCUT2D eigenvalue weighted by Gasteiger charge is 2.09. The molecule has 18 heavy (non-hydrogen) atoms. The maximum absolute atomic E-state index is 11.9. The van der Waals surface area contributed by atoms with Gasteiger partial charge in [-0.2, -0.15) is 0 Å². The Labute approximate surface area is 108 Å². The van der Waals surface area contributed by atoms with Crippen LogP contribution in [0.5, 0.6) is 0 Å². The molecule has 2 N–H and O–H groups in total. The number of aryl methyl sites for hydroxylation is 2. The molecule has 0 fully saturated rings. The van der Waals surface area contributed by atoms with Gasteiger partial charge in [0.15, 0.2) is 0 Å². The number of aliphatic imine (C=N–C) groups is 1. The van der Waals surface area contributed by atoms with Gasteiger partial charge >= 0.3 is 6.03 Å². The van der Waals surface area contributed by atoms with Crippen molar-refractivity contribution in [1.82, 2.24) is 10.2 Å². The first-order valence-electron chi connectivity index (χ1n) is 5.74. The average molecular weight is 248 g/mol. The van der Waals surface area contributed by atoms with Gasteiger partial charge in [-0.15, -0.1) is 0 Å². The van der Waals surface area contributed by atoms with Crippen molar-refractivity contribution in [3.63, 3.8) is 0 Å². The highest BCUT2D eigenvalue weighted by molar-refractivity contribution is 6.02. The lowest BCUT2D eigenvalue weighted by Gasteiger charge is -2.17. The third-order valence-corrected chi connectivity index (χ3v) is 2.58. The molecule has 1 rings (SSSR count). The van der Waals surface area contributed by atoms with E-state index in [-0.39, 0.29) is 6.03 Å². The van der Waals surface area contributed by atoms with Gasteiger partial charge < -0.3 is 10.2 Å². The van der Waals surface area contributed by atoms with E-state index in [4.69, 9.17) is 0 Å². The molecule has 0 heterocycles. The lowest BCUT2D eigenvalue weighted by Crippen LogP contribution is -2.42. The van der Waals surface area contributed by atoms with Crippen LogP contribution in [0.3, 0.4) is 0 Å². The van der Waals surface area contributed by atoms with Crippen molar-refractivity contribution < 1.29 is 4.79 Å². The Hall–Kier alpha value is -2.04. The number of amides is 2. The summed E-state index contributed by atoms with van der Waals surface area (Å²) < 4.78 is 0. The molecule has 2 amide bonds. The van der Waals surface area contributed by atoms with E-state index >= 15 is 0 Å². The van der Waals surface area contributed by atoms with Crippen LogP contribution in [0, 0.1) is 13.8 Å². The van der Waals surface area contributed by atoms with Gasteiger partial charge in [0.1, 0.15) is 0 Å². The van der Waals surface area contributed by atoms with Crippen LogP contribution in [0.1, 0.15) is 11.1 Å². The lowest BCUT2D eigenvalue weighted by molar-refractivity contribution is 0.255. The number of hydrogen-bond donors (Lipinski definition) is 2. The second-order valence-corrected chi connectivity index (χ2v) is 4.29. The quantitative estimate of drug-likeness (QED) is 0.589. The number of urea groups is 1. The first-order chi connectivity index (χ1) is 8.45. The fourth-order valence-electron chi connectivity index (χ4n) is 1.63. The number of guanidine groups is 1. The second-order valence-electron chi connectivity index (χ2n) is 4.29. The third kappa shape index (κ3) is 3.48. The van der Waals surface area contributed by atoms with Crippen molar-refractivity contribution in [3.05, 3.63) is 29.3 Å². The van der Waals surface area contributed by atoms with Crippen LogP contribution in [-0.4, -0.2) is 38.0 Å². The molecule has 0 bridgehead atoms. The van der Waals surface area contributed by atoms with E-state index in [9.17, 15) is 4.79 Å². The second kappa shape index (κ2) is 6.05. The molecule has 1 aromatic carbocycles. The van der Waals surface area contributed by atoms with E-state index in [0.717, 1.165) is 16.8 Å². The molecule has 1 aromatic rings. The number of carbonyl (C=O) groups excluding carboxylic acids is 1. The molecule has 0 aliphatic rings. The Balaban J connectivity index is 2.77. The van der Waals surface area contributed by atoms with E-state index in [2.05, 4.69) is 15.6 Å². The maximum Gasteiger partial charge on any atom is 0.326 e. The number of carbonyl (C=O) groups is 1. The van der Waals surface area contributed by atoms with Gasteiger partial charge in [0.25, 0.3) is 0 Å². The van der Waals surface area contributed by atoms with E-state index < -0.39 is 0 Å². The standard InChI is InChI=1S/C13H20N4O/c1-9-7-6-8-10(2)11(9)15-13(18)16-12(14-3)17(4)5/h6-8H,1-5H3,(H2,14,15,16,18). The zero-order chi connectivity index (χ0) is 13.7. The number of rotatable bonds is 1. The summed E-state index contributed by atoms with van der Waals surface area (Å²) in [5, 5.41) is 5.54. The molecule has 0 radical (unpaired) electrons. The van der Waals surface area contributed by atoms with Crippen molar-refractivity contribution in [1.29, 1.82) is 0 Å². The largest absolute Gasteiger partial charge is 0.349 e. The zero-order valence-electron chi connectivity index (χ0n) is 11.5. The van der Waals surface area contributed by atoms with Gasteiger partial charge in [-0.3, -0.25) is 10.3 Å². The summed E-state index contributed by atoms with van der Waals surface area (Å²) >= 11 is 0. The molecule has 0 aliphatic carbocycles. The van der Waals surface area contributed by atoms with E-state index in [1.54, 1.807) is 11.9 Å².